The molecule has 0 saturated carbocycles. The van der Waals surface area contributed by atoms with Gasteiger partial charge in [-0.25, -0.2) is 0 Å². The number of aryl methyl sites for hydroxylation is 1. The van der Waals surface area contributed by atoms with E-state index in [1.165, 1.54) is 7.11 Å². The molecule has 86 valence electrons. The third kappa shape index (κ3) is 3.24. The van der Waals surface area contributed by atoms with Crippen molar-refractivity contribution in [3.8, 4) is 0 Å². The Morgan fingerprint density at radius 3 is 2.69 bits per heavy atom. The zero-order valence-electron chi connectivity index (χ0n) is 9.04. The number of esters is 1. The highest BCUT2D eigenvalue weighted by Crippen LogP contribution is 2.17. The van der Waals surface area contributed by atoms with Gasteiger partial charge in [0.2, 0.25) is 0 Å². The van der Waals surface area contributed by atoms with Gasteiger partial charge in [-0.15, -0.1) is 0 Å². The fourth-order valence-corrected chi connectivity index (χ4v) is 1.45. The predicted molar refractivity (Wildman–Crippen MR) is 60.5 cm³/mol. The van der Waals surface area contributed by atoms with Crippen LogP contribution in [-0.2, 0) is 9.53 Å². The molecule has 0 aliphatic rings. The number of carbonyl (C=O) groups excluding carboxylic acids is 2. The van der Waals surface area contributed by atoms with Crippen molar-refractivity contribution in [3.63, 3.8) is 0 Å². The van der Waals surface area contributed by atoms with Gasteiger partial charge in [-0.3, -0.25) is 9.59 Å². The van der Waals surface area contributed by atoms with Crippen LogP contribution in [0.5, 0.6) is 0 Å². The number of halogens is 1. The molecule has 0 atom stereocenters. The highest BCUT2D eigenvalue weighted by atomic mass is 35.5. The van der Waals surface area contributed by atoms with Crippen LogP contribution in [0.4, 0.5) is 0 Å². The topological polar surface area (TPSA) is 55.4 Å². The Morgan fingerprint density at radius 2 is 2.12 bits per heavy atom. The monoisotopic (exact) mass is 241 g/mol. The van der Waals surface area contributed by atoms with Gasteiger partial charge in [0.05, 0.1) is 17.7 Å². The summed E-state index contributed by atoms with van der Waals surface area (Å²) in [5.74, 6) is -0.896. The van der Waals surface area contributed by atoms with Crippen LogP contribution in [0.15, 0.2) is 18.2 Å². The number of amides is 1. The first-order valence-electron chi connectivity index (χ1n) is 4.65. The number of hydrogen-bond acceptors (Lipinski definition) is 3. The Labute approximate surface area is 98.5 Å². The summed E-state index contributed by atoms with van der Waals surface area (Å²) in [5, 5.41) is 2.78. The summed E-state index contributed by atoms with van der Waals surface area (Å²) < 4.78 is 4.40. The first-order valence-corrected chi connectivity index (χ1v) is 5.03. The lowest BCUT2D eigenvalue weighted by atomic mass is 10.1. The minimum absolute atomic E-state index is 0.167. The van der Waals surface area contributed by atoms with Crippen LogP contribution in [0.25, 0.3) is 0 Å². The molecule has 0 bridgehead atoms. The number of methoxy groups -OCH3 is 1. The molecule has 4 nitrogen and oxygen atoms in total. The lowest BCUT2D eigenvalue weighted by Gasteiger charge is -2.06. The first kappa shape index (κ1) is 12.5. The van der Waals surface area contributed by atoms with Crippen molar-refractivity contribution in [1.29, 1.82) is 0 Å². The van der Waals surface area contributed by atoms with Gasteiger partial charge in [-0.1, -0.05) is 17.7 Å². The van der Waals surface area contributed by atoms with Gasteiger partial charge in [0.25, 0.3) is 5.91 Å². The number of carbonyl (C=O) groups is 2. The SMILES string of the molecule is COC(=O)CNC(=O)c1ccc(C)cc1Cl. The lowest BCUT2D eigenvalue weighted by Crippen LogP contribution is -2.30. The fourth-order valence-electron chi connectivity index (χ4n) is 1.12. The second kappa shape index (κ2) is 5.51. The van der Waals surface area contributed by atoms with E-state index in [-0.39, 0.29) is 6.54 Å². The molecule has 0 aromatic heterocycles. The summed E-state index contributed by atoms with van der Waals surface area (Å²) in [7, 11) is 1.26. The maximum Gasteiger partial charge on any atom is 0.325 e. The van der Waals surface area contributed by atoms with E-state index in [2.05, 4.69) is 10.1 Å². The standard InChI is InChI=1S/C11H12ClNO3/c1-7-3-4-8(9(12)5-7)11(15)13-6-10(14)16-2/h3-5H,6H2,1-2H3,(H,13,15). The van der Waals surface area contributed by atoms with Gasteiger partial charge < -0.3 is 10.1 Å². The fraction of sp³-hybridized carbons (Fsp3) is 0.273. The van der Waals surface area contributed by atoms with Crippen LogP contribution in [0, 0.1) is 6.92 Å². The average molecular weight is 242 g/mol. The Morgan fingerprint density at radius 1 is 1.44 bits per heavy atom. The molecular formula is C11H12ClNO3. The van der Waals surface area contributed by atoms with E-state index in [1.807, 2.05) is 6.92 Å². The molecule has 1 aromatic rings. The summed E-state index contributed by atoms with van der Waals surface area (Å²) in [6.45, 7) is 1.71. The van der Waals surface area contributed by atoms with E-state index in [1.54, 1.807) is 18.2 Å². The number of hydrogen-bond donors (Lipinski definition) is 1. The van der Waals surface area contributed by atoms with Gasteiger partial charge >= 0.3 is 5.97 Å². The smallest absolute Gasteiger partial charge is 0.325 e. The minimum Gasteiger partial charge on any atom is -0.468 e. The van der Waals surface area contributed by atoms with Crippen molar-refractivity contribution >= 4 is 23.5 Å². The molecule has 1 amide bonds. The van der Waals surface area contributed by atoms with E-state index in [0.29, 0.717) is 10.6 Å². The molecule has 0 fully saturated rings. The molecule has 1 N–H and O–H groups in total. The van der Waals surface area contributed by atoms with Crippen molar-refractivity contribution in [1.82, 2.24) is 5.32 Å². The number of benzene rings is 1. The second-order valence-corrected chi connectivity index (χ2v) is 3.65. The van der Waals surface area contributed by atoms with E-state index in [4.69, 9.17) is 11.6 Å². The van der Waals surface area contributed by atoms with Gasteiger partial charge in [0, 0.05) is 0 Å². The van der Waals surface area contributed by atoms with Crippen LogP contribution in [0.3, 0.4) is 0 Å². The molecule has 5 heteroatoms. The zero-order valence-corrected chi connectivity index (χ0v) is 9.80. The maximum atomic E-state index is 11.6. The molecule has 0 radical (unpaired) electrons. The molecule has 0 spiro atoms. The van der Waals surface area contributed by atoms with Crippen LogP contribution in [0.2, 0.25) is 5.02 Å². The largest absolute Gasteiger partial charge is 0.468 e. The van der Waals surface area contributed by atoms with Crippen molar-refractivity contribution in [3.05, 3.63) is 34.3 Å². The van der Waals surface area contributed by atoms with Gasteiger partial charge in [0.15, 0.2) is 0 Å². The zero-order chi connectivity index (χ0) is 12.1. The third-order valence-corrected chi connectivity index (χ3v) is 2.30. The van der Waals surface area contributed by atoms with Crippen LogP contribution in [0.1, 0.15) is 15.9 Å². The average Bonchev–Trinajstić information content (AvgIpc) is 2.25. The molecule has 0 heterocycles. The van der Waals surface area contributed by atoms with E-state index < -0.39 is 11.9 Å². The Balaban J connectivity index is 2.70. The summed E-state index contributed by atoms with van der Waals surface area (Å²) >= 11 is 5.90. The summed E-state index contributed by atoms with van der Waals surface area (Å²) in [5.41, 5.74) is 1.31. The van der Waals surface area contributed by atoms with E-state index in [0.717, 1.165) is 5.56 Å². The predicted octanol–water partition coefficient (Wildman–Crippen LogP) is 1.55. The van der Waals surface area contributed by atoms with Crippen molar-refractivity contribution < 1.29 is 14.3 Å². The summed E-state index contributed by atoms with van der Waals surface area (Å²) in [6.07, 6.45) is 0. The quantitative estimate of drug-likeness (QED) is 0.817. The maximum absolute atomic E-state index is 11.6. The molecule has 0 unspecified atom stereocenters. The van der Waals surface area contributed by atoms with Crippen molar-refractivity contribution in [2.75, 3.05) is 13.7 Å². The number of rotatable bonds is 3. The molecular weight excluding hydrogens is 230 g/mol. The highest BCUT2D eigenvalue weighted by Gasteiger charge is 2.11. The van der Waals surface area contributed by atoms with Gasteiger partial charge in [0.1, 0.15) is 6.54 Å². The molecule has 0 saturated heterocycles. The Kier molecular flexibility index (Phi) is 4.31. The highest BCUT2D eigenvalue weighted by molar-refractivity contribution is 6.33. The van der Waals surface area contributed by atoms with E-state index >= 15 is 0 Å². The van der Waals surface area contributed by atoms with Crippen LogP contribution < -0.4 is 5.32 Å². The second-order valence-electron chi connectivity index (χ2n) is 3.24. The molecule has 0 aliphatic carbocycles. The van der Waals surface area contributed by atoms with E-state index in [9.17, 15) is 9.59 Å². The van der Waals surface area contributed by atoms with Gasteiger partial charge in [-0.05, 0) is 24.6 Å². The summed E-state index contributed by atoms with van der Waals surface area (Å²) in [6, 6.07) is 5.08. The number of ether oxygens (including phenoxy) is 1. The van der Waals surface area contributed by atoms with Crippen molar-refractivity contribution in [2.24, 2.45) is 0 Å². The van der Waals surface area contributed by atoms with Crippen LogP contribution >= 0.6 is 11.6 Å². The number of nitrogens with one attached hydrogen (secondary N) is 1. The third-order valence-electron chi connectivity index (χ3n) is 1.99. The summed E-state index contributed by atoms with van der Waals surface area (Å²) in [4.78, 5) is 22.4. The van der Waals surface area contributed by atoms with Gasteiger partial charge in [-0.2, -0.15) is 0 Å². The molecule has 16 heavy (non-hydrogen) atoms. The first-order chi connectivity index (χ1) is 7.54. The normalized spacial score (nSPS) is 9.69. The minimum atomic E-state index is -0.503. The molecule has 1 rings (SSSR count). The molecule has 1 aromatic carbocycles. The molecule has 0 aliphatic heterocycles. The van der Waals surface area contributed by atoms with Crippen molar-refractivity contribution in [2.45, 2.75) is 6.92 Å². The lowest BCUT2D eigenvalue weighted by molar-refractivity contribution is -0.139. The Bertz CT molecular complexity index is 418. The Hall–Kier alpha value is -1.55. The van der Waals surface area contributed by atoms with Crippen LogP contribution in [-0.4, -0.2) is 25.5 Å².